The lowest BCUT2D eigenvalue weighted by Crippen LogP contribution is -2.41. The van der Waals surface area contributed by atoms with Gasteiger partial charge in [-0.25, -0.2) is 0 Å². The van der Waals surface area contributed by atoms with Crippen LogP contribution in [-0.4, -0.2) is 36.1 Å². The van der Waals surface area contributed by atoms with E-state index in [0.717, 1.165) is 45.6 Å². The number of carbonyl (C=O) groups excluding carboxylic acids is 1. The molecule has 5 nitrogen and oxygen atoms in total. The molecule has 0 aliphatic carbocycles. The highest BCUT2D eigenvalue weighted by atomic mass is 19.4. The number of carbonyl (C=O) groups is 1. The number of benzene rings is 3. The summed E-state index contributed by atoms with van der Waals surface area (Å²) in [5.74, 6) is 0.455. The quantitative estimate of drug-likeness (QED) is 0.281. The van der Waals surface area contributed by atoms with Crippen LogP contribution in [0.25, 0.3) is 17.0 Å². The maximum absolute atomic E-state index is 13.3. The predicted octanol–water partition coefficient (Wildman–Crippen LogP) is 6.55. The number of halogens is 3. The number of fused-ring (bicyclic) bond motifs is 3. The van der Waals surface area contributed by atoms with Crippen molar-refractivity contribution in [1.29, 1.82) is 0 Å². The summed E-state index contributed by atoms with van der Waals surface area (Å²) in [7, 11) is 1.62. The molecule has 1 amide bonds. The van der Waals surface area contributed by atoms with Gasteiger partial charge in [-0.3, -0.25) is 4.79 Å². The first-order valence-corrected chi connectivity index (χ1v) is 12.3. The molecular formula is C30H27F3N2O3. The number of amides is 1. The van der Waals surface area contributed by atoms with Crippen LogP contribution in [0.2, 0.25) is 0 Å². The average Bonchev–Trinajstić information content (AvgIpc) is 3.30. The minimum absolute atomic E-state index is 0.259. The summed E-state index contributed by atoms with van der Waals surface area (Å²) < 4.78 is 50.8. The van der Waals surface area contributed by atoms with Crippen LogP contribution in [0, 0.1) is 0 Å². The number of rotatable bonds is 7. The van der Waals surface area contributed by atoms with Gasteiger partial charge >= 0.3 is 6.18 Å². The zero-order chi connectivity index (χ0) is 26.7. The monoisotopic (exact) mass is 520 g/mol. The number of hydrogen-bond donors (Lipinski definition) is 1. The molecule has 0 radical (unpaired) electrons. The second kappa shape index (κ2) is 10.8. The van der Waals surface area contributed by atoms with Gasteiger partial charge in [-0.1, -0.05) is 42.5 Å². The van der Waals surface area contributed by atoms with E-state index in [1.54, 1.807) is 18.1 Å². The topological polar surface area (TPSA) is 54.6 Å². The fourth-order valence-electron chi connectivity index (χ4n) is 4.85. The van der Waals surface area contributed by atoms with Gasteiger partial charge in [0.1, 0.15) is 5.75 Å². The maximum Gasteiger partial charge on any atom is 0.416 e. The Balaban J connectivity index is 1.42. The third kappa shape index (κ3) is 5.45. The largest absolute Gasteiger partial charge is 0.497 e. The summed E-state index contributed by atoms with van der Waals surface area (Å²) in [4.78, 5) is 18.5. The molecule has 1 aromatic heterocycles. The van der Waals surface area contributed by atoms with Crippen LogP contribution in [0.4, 0.5) is 13.2 Å². The molecule has 2 heterocycles. The van der Waals surface area contributed by atoms with Crippen molar-refractivity contribution < 1.29 is 27.4 Å². The Kier molecular flexibility index (Phi) is 7.24. The average molecular weight is 521 g/mol. The number of nitrogens with zero attached hydrogens (tertiary/aromatic N) is 1. The number of nitrogens with one attached hydrogen (secondary N) is 1. The molecule has 0 fully saturated rings. The SMILES string of the molecule is COc1ccc2[nH]c3c(c2c1)CCN(C(=O)/C=C/c1cccc(C(F)(F)F)c1)C3COCc1ccccc1. The first-order valence-electron chi connectivity index (χ1n) is 12.3. The van der Waals surface area contributed by atoms with E-state index in [0.29, 0.717) is 25.1 Å². The number of methoxy groups -OCH3 is 1. The van der Waals surface area contributed by atoms with E-state index in [4.69, 9.17) is 9.47 Å². The first kappa shape index (κ1) is 25.6. The fourth-order valence-corrected chi connectivity index (χ4v) is 4.85. The molecule has 1 aliphatic rings. The third-order valence-corrected chi connectivity index (χ3v) is 6.76. The Morgan fingerprint density at radius 3 is 2.66 bits per heavy atom. The summed E-state index contributed by atoms with van der Waals surface area (Å²) in [6.07, 6.45) is -1.07. The molecule has 196 valence electrons. The van der Waals surface area contributed by atoms with E-state index in [1.807, 2.05) is 48.5 Å². The fraction of sp³-hybridized carbons (Fsp3) is 0.233. The molecule has 1 unspecified atom stereocenters. The molecule has 1 aliphatic heterocycles. The molecule has 3 aromatic carbocycles. The lowest BCUT2D eigenvalue weighted by atomic mass is 9.97. The van der Waals surface area contributed by atoms with Crippen molar-refractivity contribution in [2.24, 2.45) is 0 Å². The van der Waals surface area contributed by atoms with Crippen LogP contribution in [0.1, 0.15) is 34.0 Å². The van der Waals surface area contributed by atoms with Gasteiger partial charge in [-0.2, -0.15) is 13.2 Å². The van der Waals surface area contributed by atoms with Gasteiger partial charge in [0.15, 0.2) is 0 Å². The van der Waals surface area contributed by atoms with Gasteiger partial charge in [0.25, 0.3) is 0 Å². The maximum atomic E-state index is 13.3. The highest BCUT2D eigenvalue weighted by molar-refractivity contribution is 5.93. The first-order chi connectivity index (χ1) is 18.3. The Morgan fingerprint density at radius 2 is 1.89 bits per heavy atom. The lowest BCUT2D eigenvalue weighted by molar-refractivity contribution is -0.137. The lowest BCUT2D eigenvalue weighted by Gasteiger charge is -2.35. The Morgan fingerprint density at radius 1 is 1.08 bits per heavy atom. The van der Waals surface area contributed by atoms with Crippen molar-refractivity contribution in [3.8, 4) is 5.75 Å². The molecule has 0 saturated heterocycles. The van der Waals surface area contributed by atoms with Gasteiger partial charge in [0.05, 0.1) is 31.9 Å². The van der Waals surface area contributed by atoms with Gasteiger partial charge in [-0.15, -0.1) is 0 Å². The number of ether oxygens (including phenoxy) is 2. The highest BCUT2D eigenvalue weighted by Crippen LogP contribution is 2.36. The number of aromatic nitrogens is 1. The number of aromatic amines is 1. The Bertz CT molecular complexity index is 1460. The number of hydrogen-bond acceptors (Lipinski definition) is 3. The molecule has 1 atom stereocenters. The molecule has 0 bridgehead atoms. The van der Waals surface area contributed by atoms with Crippen LogP contribution < -0.4 is 4.74 Å². The predicted molar refractivity (Wildman–Crippen MR) is 140 cm³/mol. The van der Waals surface area contributed by atoms with Crippen LogP contribution in [0.3, 0.4) is 0 Å². The molecule has 8 heteroatoms. The zero-order valence-corrected chi connectivity index (χ0v) is 20.8. The molecule has 0 spiro atoms. The van der Waals surface area contributed by atoms with Crippen LogP contribution in [0.15, 0.2) is 78.9 Å². The van der Waals surface area contributed by atoms with Crippen molar-refractivity contribution in [3.63, 3.8) is 0 Å². The summed E-state index contributed by atoms with van der Waals surface area (Å²) in [6, 6.07) is 20.1. The Hall–Kier alpha value is -4.04. The standard InChI is InChI=1S/C30H27F3N2O3/c1-37-23-11-12-26-25(17-23)24-14-15-35(27(29(24)34-26)19-38-18-21-6-3-2-4-7-21)28(36)13-10-20-8-5-9-22(16-20)30(31,32)33/h2-13,16-17,27,34H,14-15,18-19H2,1H3/b13-10+. The van der Waals surface area contributed by atoms with Gasteiger partial charge in [-0.05, 0) is 59.5 Å². The van der Waals surface area contributed by atoms with E-state index in [1.165, 1.54) is 18.2 Å². The van der Waals surface area contributed by atoms with E-state index in [-0.39, 0.29) is 18.6 Å². The summed E-state index contributed by atoms with van der Waals surface area (Å²) in [6.45, 7) is 1.10. The van der Waals surface area contributed by atoms with Crippen LogP contribution in [0.5, 0.6) is 5.75 Å². The molecular weight excluding hydrogens is 493 g/mol. The third-order valence-electron chi connectivity index (χ3n) is 6.76. The second-order valence-corrected chi connectivity index (χ2v) is 9.18. The minimum atomic E-state index is -4.45. The van der Waals surface area contributed by atoms with E-state index in [2.05, 4.69) is 4.98 Å². The van der Waals surface area contributed by atoms with Gasteiger partial charge in [0.2, 0.25) is 5.91 Å². The molecule has 4 aromatic rings. The van der Waals surface area contributed by atoms with Crippen molar-refractivity contribution in [2.45, 2.75) is 25.2 Å². The highest BCUT2D eigenvalue weighted by Gasteiger charge is 2.33. The zero-order valence-electron chi connectivity index (χ0n) is 20.8. The minimum Gasteiger partial charge on any atom is -0.497 e. The van der Waals surface area contributed by atoms with E-state index in [9.17, 15) is 18.0 Å². The van der Waals surface area contributed by atoms with Gasteiger partial charge < -0.3 is 19.4 Å². The molecule has 0 saturated carbocycles. The summed E-state index contributed by atoms with van der Waals surface area (Å²) in [5, 5.41) is 1.04. The molecule has 5 rings (SSSR count). The van der Waals surface area contributed by atoms with Gasteiger partial charge in [0, 0.05) is 29.2 Å². The van der Waals surface area contributed by atoms with Crippen molar-refractivity contribution >= 4 is 22.9 Å². The van der Waals surface area contributed by atoms with Crippen molar-refractivity contribution in [2.75, 3.05) is 20.3 Å². The van der Waals surface area contributed by atoms with Crippen molar-refractivity contribution in [3.05, 3.63) is 107 Å². The Labute approximate surface area is 218 Å². The summed E-state index contributed by atoms with van der Waals surface area (Å²) >= 11 is 0. The van der Waals surface area contributed by atoms with Crippen molar-refractivity contribution in [1.82, 2.24) is 9.88 Å². The van der Waals surface area contributed by atoms with Crippen LogP contribution >= 0.6 is 0 Å². The van der Waals surface area contributed by atoms with Crippen LogP contribution in [-0.2, 0) is 28.7 Å². The molecule has 38 heavy (non-hydrogen) atoms. The van der Waals surface area contributed by atoms with E-state index < -0.39 is 11.7 Å². The smallest absolute Gasteiger partial charge is 0.416 e. The normalized spacial score (nSPS) is 15.7. The second-order valence-electron chi connectivity index (χ2n) is 9.18. The summed E-state index contributed by atoms with van der Waals surface area (Å²) in [5.41, 5.74) is 3.52. The number of H-pyrrole nitrogens is 1. The van der Waals surface area contributed by atoms with E-state index >= 15 is 0 Å². The molecule has 1 N–H and O–H groups in total. The number of alkyl halides is 3.